The third-order valence-electron chi connectivity index (χ3n) is 4.68. The maximum Gasteiger partial charge on any atom is 0.255 e. The molecule has 1 aliphatic carbocycles. The molecular formula is C20H18N4O2. The van der Waals surface area contributed by atoms with Gasteiger partial charge in [-0.15, -0.1) is 0 Å². The Labute approximate surface area is 150 Å². The highest BCUT2D eigenvalue weighted by atomic mass is 16.1. The summed E-state index contributed by atoms with van der Waals surface area (Å²) >= 11 is 0. The number of hydrogen-bond donors (Lipinski definition) is 2. The molecule has 3 aromatic rings. The van der Waals surface area contributed by atoms with Crippen molar-refractivity contribution in [3.05, 3.63) is 94.2 Å². The molecular weight excluding hydrogens is 328 g/mol. The van der Waals surface area contributed by atoms with Crippen molar-refractivity contribution in [3.8, 4) is 5.69 Å². The fraction of sp³-hybridized carbons (Fsp3) is 0.150. The second-order valence-electron chi connectivity index (χ2n) is 6.35. The van der Waals surface area contributed by atoms with Gasteiger partial charge >= 0.3 is 0 Å². The Morgan fingerprint density at radius 3 is 2.73 bits per heavy atom. The number of amides is 1. The van der Waals surface area contributed by atoms with Crippen LogP contribution in [-0.4, -0.2) is 21.5 Å². The maximum atomic E-state index is 12.6. The van der Waals surface area contributed by atoms with Crippen LogP contribution in [0.25, 0.3) is 5.69 Å². The van der Waals surface area contributed by atoms with Crippen molar-refractivity contribution in [2.45, 2.75) is 18.5 Å². The van der Waals surface area contributed by atoms with Gasteiger partial charge in [0.05, 0.1) is 6.04 Å². The van der Waals surface area contributed by atoms with Crippen LogP contribution in [0.3, 0.4) is 0 Å². The summed E-state index contributed by atoms with van der Waals surface area (Å²) in [4.78, 5) is 28.6. The summed E-state index contributed by atoms with van der Waals surface area (Å²) < 4.78 is 1.52. The van der Waals surface area contributed by atoms with Gasteiger partial charge in [0.1, 0.15) is 0 Å². The van der Waals surface area contributed by atoms with Gasteiger partial charge in [-0.2, -0.15) is 0 Å². The first kappa shape index (κ1) is 16.2. The molecule has 1 aliphatic rings. The van der Waals surface area contributed by atoms with E-state index in [-0.39, 0.29) is 23.6 Å². The van der Waals surface area contributed by atoms with Crippen molar-refractivity contribution in [3.63, 3.8) is 0 Å². The number of rotatable bonds is 3. The van der Waals surface area contributed by atoms with Crippen molar-refractivity contribution < 1.29 is 4.79 Å². The Morgan fingerprint density at radius 2 is 1.96 bits per heavy atom. The second-order valence-corrected chi connectivity index (χ2v) is 6.35. The molecule has 3 N–H and O–H groups in total. The third kappa shape index (κ3) is 2.91. The lowest BCUT2D eigenvalue weighted by Crippen LogP contribution is -2.38. The van der Waals surface area contributed by atoms with Crippen LogP contribution in [0.1, 0.15) is 27.5 Å². The molecule has 130 valence electrons. The van der Waals surface area contributed by atoms with Crippen LogP contribution in [0.2, 0.25) is 0 Å². The van der Waals surface area contributed by atoms with Gasteiger partial charge in [0, 0.05) is 41.9 Å². The zero-order valence-electron chi connectivity index (χ0n) is 14.0. The Bertz CT molecular complexity index is 1010. The number of fused-ring (bicyclic) bond motifs is 1. The summed E-state index contributed by atoms with van der Waals surface area (Å²) in [6, 6.07) is 13.4. The van der Waals surface area contributed by atoms with Crippen molar-refractivity contribution in [1.82, 2.24) is 14.9 Å². The van der Waals surface area contributed by atoms with E-state index in [9.17, 15) is 9.59 Å². The molecule has 0 radical (unpaired) electrons. The Balaban J connectivity index is 1.54. The minimum atomic E-state index is -0.248. The molecule has 6 nitrogen and oxygen atoms in total. The normalized spacial score (nSPS) is 18.3. The Kier molecular flexibility index (Phi) is 4.10. The molecule has 0 saturated heterocycles. The van der Waals surface area contributed by atoms with Crippen molar-refractivity contribution >= 4 is 5.91 Å². The quantitative estimate of drug-likeness (QED) is 0.753. The molecule has 2 atom stereocenters. The minimum absolute atomic E-state index is 0.120. The summed E-state index contributed by atoms with van der Waals surface area (Å²) in [5.74, 6) is -0.200. The highest BCUT2D eigenvalue weighted by Crippen LogP contribution is 2.29. The molecule has 2 unspecified atom stereocenters. The summed E-state index contributed by atoms with van der Waals surface area (Å²) in [5.41, 5.74) is 9.39. The monoisotopic (exact) mass is 346 g/mol. The molecule has 0 saturated carbocycles. The van der Waals surface area contributed by atoms with E-state index in [1.807, 2.05) is 6.07 Å². The number of nitrogens with zero attached hydrogens (tertiary/aromatic N) is 2. The number of benzene rings is 1. The first-order valence-corrected chi connectivity index (χ1v) is 8.41. The molecule has 0 bridgehead atoms. The number of aromatic nitrogens is 2. The second kappa shape index (κ2) is 6.57. The van der Waals surface area contributed by atoms with Gasteiger partial charge in [-0.05, 0) is 53.9 Å². The summed E-state index contributed by atoms with van der Waals surface area (Å²) in [6.45, 7) is 0. The number of nitrogens with one attached hydrogen (secondary N) is 1. The van der Waals surface area contributed by atoms with Gasteiger partial charge in [-0.1, -0.05) is 6.07 Å². The van der Waals surface area contributed by atoms with Crippen LogP contribution in [0, 0.1) is 0 Å². The first-order valence-electron chi connectivity index (χ1n) is 8.41. The van der Waals surface area contributed by atoms with Crippen LogP contribution >= 0.6 is 0 Å². The number of nitrogens with two attached hydrogens (primary N) is 1. The largest absolute Gasteiger partial charge is 0.344 e. The van der Waals surface area contributed by atoms with Gasteiger partial charge in [-0.3, -0.25) is 19.1 Å². The topological polar surface area (TPSA) is 90.0 Å². The van der Waals surface area contributed by atoms with Crippen molar-refractivity contribution in [2.24, 2.45) is 5.73 Å². The lowest BCUT2D eigenvalue weighted by molar-refractivity contribution is 0.0933. The predicted molar refractivity (Wildman–Crippen MR) is 98.2 cm³/mol. The van der Waals surface area contributed by atoms with Crippen LogP contribution in [0.4, 0.5) is 0 Å². The van der Waals surface area contributed by atoms with E-state index < -0.39 is 0 Å². The Morgan fingerprint density at radius 1 is 1.15 bits per heavy atom. The van der Waals surface area contributed by atoms with Crippen molar-refractivity contribution in [2.75, 3.05) is 0 Å². The number of carbonyl (C=O) groups excluding carboxylic acids is 1. The van der Waals surface area contributed by atoms with Crippen LogP contribution in [-0.2, 0) is 6.42 Å². The highest BCUT2D eigenvalue weighted by molar-refractivity contribution is 5.94. The zero-order valence-corrected chi connectivity index (χ0v) is 14.0. The molecule has 2 heterocycles. The molecule has 26 heavy (non-hydrogen) atoms. The fourth-order valence-corrected chi connectivity index (χ4v) is 3.33. The zero-order chi connectivity index (χ0) is 18.1. The van der Waals surface area contributed by atoms with Crippen LogP contribution in [0.5, 0.6) is 0 Å². The number of carbonyl (C=O) groups is 1. The lowest BCUT2D eigenvalue weighted by Gasteiger charge is -2.18. The van der Waals surface area contributed by atoms with Gasteiger partial charge in [0.2, 0.25) is 0 Å². The van der Waals surface area contributed by atoms with Crippen LogP contribution < -0.4 is 16.6 Å². The molecule has 2 aromatic heterocycles. The van der Waals surface area contributed by atoms with Crippen molar-refractivity contribution in [1.29, 1.82) is 0 Å². The van der Waals surface area contributed by atoms with E-state index in [1.165, 1.54) is 10.6 Å². The number of pyridine rings is 2. The highest BCUT2D eigenvalue weighted by Gasteiger charge is 2.31. The van der Waals surface area contributed by atoms with E-state index in [0.29, 0.717) is 11.3 Å². The van der Waals surface area contributed by atoms with Gasteiger partial charge in [0.25, 0.3) is 11.5 Å². The molecule has 4 rings (SSSR count). The third-order valence-corrected chi connectivity index (χ3v) is 4.68. The maximum absolute atomic E-state index is 12.6. The molecule has 0 fully saturated rings. The SMILES string of the molecule is NC1Cc2ccncc2C1NC(=O)c1ccc(-n2ccccc2=O)cc1. The van der Waals surface area contributed by atoms with E-state index in [4.69, 9.17) is 5.73 Å². The van der Waals surface area contributed by atoms with E-state index in [2.05, 4.69) is 10.3 Å². The lowest BCUT2D eigenvalue weighted by atomic mass is 10.1. The average Bonchev–Trinajstić information content (AvgIpc) is 2.98. The van der Waals surface area contributed by atoms with E-state index in [0.717, 1.165) is 17.5 Å². The van der Waals surface area contributed by atoms with Gasteiger partial charge < -0.3 is 11.1 Å². The smallest absolute Gasteiger partial charge is 0.255 e. The molecule has 1 amide bonds. The number of hydrogen-bond acceptors (Lipinski definition) is 4. The molecule has 1 aromatic carbocycles. The van der Waals surface area contributed by atoms with Crippen LogP contribution in [0.15, 0.2) is 71.9 Å². The summed E-state index contributed by atoms with van der Waals surface area (Å²) in [5, 5.41) is 3.00. The standard InChI is InChI=1S/C20H18N4O2/c21-17-11-14-8-9-22-12-16(14)19(17)23-20(26)13-4-6-15(7-5-13)24-10-2-1-3-18(24)25/h1-10,12,17,19H,11,21H2,(H,23,26). The fourth-order valence-electron chi connectivity index (χ4n) is 3.33. The van der Waals surface area contributed by atoms with E-state index in [1.54, 1.807) is 55.0 Å². The first-order chi connectivity index (χ1) is 12.6. The Hall–Kier alpha value is -3.25. The molecule has 6 heteroatoms. The molecule has 0 spiro atoms. The van der Waals surface area contributed by atoms with Gasteiger partial charge in [0.15, 0.2) is 0 Å². The predicted octanol–water partition coefficient (Wildman–Crippen LogP) is 1.59. The minimum Gasteiger partial charge on any atom is -0.344 e. The summed E-state index contributed by atoms with van der Waals surface area (Å²) in [6.07, 6.45) is 5.91. The summed E-state index contributed by atoms with van der Waals surface area (Å²) in [7, 11) is 0. The average molecular weight is 346 g/mol. The van der Waals surface area contributed by atoms with E-state index >= 15 is 0 Å². The van der Waals surface area contributed by atoms with Gasteiger partial charge in [-0.25, -0.2) is 0 Å². The molecule has 0 aliphatic heterocycles.